The summed E-state index contributed by atoms with van der Waals surface area (Å²) in [5.41, 5.74) is 12.8. The number of hydrogen-bond donors (Lipinski definition) is 4. The van der Waals surface area contributed by atoms with Crippen molar-refractivity contribution in [3.63, 3.8) is 0 Å². The predicted molar refractivity (Wildman–Crippen MR) is 205 cm³/mol. The summed E-state index contributed by atoms with van der Waals surface area (Å²) in [6.45, 7) is 12.6. The Morgan fingerprint density at radius 2 is 1.92 bits per heavy atom. The molecular weight excluding hydrogens is 667 g/mol. The fraction of sp³-hybridized carbons (Fsp3) is 0.595. The number of rotatable bonds is 4. The molecule has 1 aromatic heterocycles. The standard InChI is InChI=1S/C42H53N7O4/c1-6-39(52)21-26-22-48(23-39)17-13-28-27-11-8-9-12-31(27)44-34(28)25(4)33(26)29-20-30-32(19-24(29)3)47(5)36-41(30)15-18-49-16-10-14-40(7-2,35(41)49)37(50)42(36,53)38(51)45-46-43/h8-12,14,19-20,25-26,33,35-37,44,50,52-53H,6-7,13,15-18,21-23H2,1-5H3/t25-,26+,33?,35?,36?,37-,39?,40-,41?,42+/m1/s1. The third-order valence-corrected chi connectivity index (χ3v) is 15.2. The molecule has 1 spiro atoms. The molecule has 9 rings (SSSR count). The molecular formula is C42H53N7O4. The number of azide groups is 1. The first kappa shape index (κ1) is 35.0. The molecule has 5 aliphatic heterocycles. The first-order valence-corrected chi connectivity index (χ1v) is 19.7. The molecule has 0 radical (unpaired) electrons. The Kier molecular flexibility index (Phi) is 7.86. The number of aliphatic hydroxyl groups excluding tert-OH is 1. The van der Waals surface area contributed by atoms with E-state index in [0.717, 1.165) is 54.9 Å². The number of fused-ring (bicyclic) bond motifs is 6. The van der Waals surface area contributed by atoms with Crippen LogP contribution in [0.3, 0.4) is 0 Å². The molecule has 2 saturated heterocycles. The average Bonchev–Trinajstić information content (AvgIpc) is 3.80. The smallest absolute Gasteiger partial charge is 0.255 e. The largest absolute Gasteiger partial charge is 0.389 e. The highest BCUT2D eigenvalue weighted by Crippen LogP contribution is 2.67. The maximum Gasteiger partial charge on any atom is 0.255 e. The Morgan fingerprint density at radius 3 is 2.68 bits per heavy atom. The van der Waals surface area contributed by atoms with Gasteiger partial charge >= 0.3 is 0 Å². The summed E-state index contributed by atoms with van der Waals surface area (Å²) in [6, 6.07) is 12.2. The van der Waals surface area contributed by atoms with Gasteiger partial charge in [0.15, 0.2) is 5.60 Å². The number of anilines is 1. The number of amides is 1. The predicted octanol–water partition coefficient (Wildman–Crippen LogP) is 5.42. The maximum absolute atomic E-state index is 14.0. The molecule has 11 nitrogen and oxygen atoms in total. The van der Waals surface area contributed by atoms with Crippen molar-refractivity contribution < 1.29 is 20.1 Å². The number of carbonyl (C=O) groups excluding carboxylic acids is 1. The molecule has 53 heavy (non-hydrogen) atoms. The highest BCUT2D eigenvalue weighted by Gasteiger charge is 2.78. The molecule has 1 saturated carbocycles. The number of likely N-dealkylation sites (N-methyl/N-ethyl adjacent to an activating group) is 1. The van der Waals surface area contributed by atoms with Crippen molar-refractivity contribution in [3.8, 4) is 0 Å². The Bertz CT molecular complexity index is 2090. The average molecular weight is 720 g/mol. The number of piperidine rings is 1. The molecule has 2 bridgehead atoms. The summed E-state index contributed by atoms with van der Waals surface area (Å²) in [7, 11) is 1.92. The minimum absolute atomic E-state index is 0.0596. The van der Waals surface area contributed by atoms with Crippen LogP contribution in [0.2, 0.25) is 0 Å². The normalized spacial score (nSPS) is 40.0. The third-order valence-electron chi connectivity index (χ3n) is 15.2. The lowest BCUT2D eigenvalue weighted by molar-refractivity contribution is -0.201. The summed E-state index contributed by atoms with van der Waals surface area (Å²) in [6.07, 6.45) is 6.10. The lowest BCUT2D eigenvalue weighted by Gasteiger charge is -2.63. The minimum Gasteiger partial charge on any atom is -0.389 e. The fourth-order valence-corrected chi connectivity index (χ4v) is 13.1. The molecule has 11 heteroatoms. The van der Waals surface area contributed by atoms with E-state index in [9.17, 15) is 25.6 Å². The maximum atomic E-state index is 14.0. The van der Waals surface area contributed by atoms with Crippen LogP contribution in [0.25, 0.3) is 21.3 Å². The number of nitrogens with zero attached hydrogens (tertiary/aromatic N) is 6. The van der Waals surface area contributed by atoms with Crippen LogP contribution in [0.4, 0.5) is 5.69 Å². The van der Waals surface area contributed by atoms with E-state index in [1.54, 1.807) is 0 Å². The zero-order valence-electron chi connectivity index (χ0n) is 31.6. The Hall–Kier alpha value is -3.70. The van der Waals surface area contributed by atoms with Crippen molar-refractivity contribution in [1.29, 1.82) is 0 Å². The Balaban J connectivity index is 1.28. The van der Waals surface area contributed by atoms with Gasteiger partial charge in [0.1, 0.15) is 6.10 Å². The summed E-state index contributed by atoms with van der Waals surface area (Å²) < 4.78 is 0. The van der Waals surface area contributed by atoms with E-state index in [1.807, 2.05) is 24.9 Å². The Morgan fingerprint density at radius 1 is 1.13 bits per heavy atom. The lowest BCUT2D eigenvalue weighted by atomic mass is 9.47. The SMILES string of the molecule is CCC1(O)C[C@H]2CN(CCc3c([nH]c4ccccc34)[C@H](C)C2c2cc3c(cc2C)N(C)C2C34CCN3CC=C[C@](CC)(C34)[C@@H](O)[C@]2(O)C(=O)N=[N+]=[N-])C1. The van der Waals surface area contributed by atoms with Crippen LogP contribution in [-0.2, 0) is 16.6 Å². The number of benzene rings is 2. The van der Waals surface area contributed by atoms with Gasteiger partial charge in [0.05, 0.1) is 11.6 Å². The first-order valence-electron chi connectivity index (χ1n) is 19.7. The zero-order valence-corrected chi connectivity index (χ0v) is 31.6. The van der Waals surface area contributed by atoms with Crippen molar-refractivity contribution in [1.82, 2.24) is 14.8 Å². The highest BCUT2D eigenvalue weighted by molar-refractivity contribution is 5.91. The van der Waals surface area contributed by atoms with Crippen molar-refractivity contribution in [3.05, 3.63) is 86.9 Å². The second-order valence-corrected chi connectivity index (χ2v) is 17.4. The first-order chi connectivity index (χ1) is 25.4. The number of nitrogens with one attached hydrogen (secondary N) is 1. The van der Waals surface area contributed by atoms with Gasteiger partial charge in [-0.15, -0.1) is 0 Å². The van der Waals surface area contributed by atoms with Crippen LogP contribution in [0.1, 0.15) is 86.2 Å². The van der Waals surface area contributed by atoms with Crippen LogP contribution >= 0.6 is 0 Å². The van der Waals surface area contributed by atoms with Gasteiger partial charge in [-0.1, -0.05) is 57.2 Å². The number of aliphatic hydroxyl groups is 3. The molecule has 3 fully saturated rings. The molecule has 2 aromatic carbocycles. The summed E-state index contributed by atoms with van der Waals surface area (Å²) >= 11 is 0. The quantitative estimate of drug-likeness (QED) is 0.122. The Labute approximate surface area is 311 Å². The van der Waals surface area contributed by atoms with Gasteiger partial charge in [0.2, 0.25) is 0 Å². The second-order valence-electron chi connectivity index (χ2n) is 17.4. The molecule has 1 aliphatic carbocycles. The number of aromatic amines is 1. The molecule has 6 unspecified atom stereocenters. The monoisotopic (exact) mass is 719 g/mol. The summed E-state index contributed by atoms with van der Waals surface area (Å²) in [4.78, 5) is 27.6. The zero-order chi connectivity index (χ0) is 37.2. The van der Waals surface area contributed by atoms with Gasteiger partial charge in [-0.25, -0.2) is 0 Å². The van der Waals surface area contributed by atoms with E-state index in [0.29, 0.717) is 32.2 Å². The number of aromatic nitrogens is 1. The van der Waals surface area contributed by atoms with E-state index in [2.05, 4.69) is 88.1 Å². The van der Waals surface area contributed by atoms with Gasteiger partial charge < -0.3 is 25.2 Å². The number of hydrogen-bond acceptors (Lipinski definition) is 7. The van der Waals surface area contributed by atoms with Gasteiger partial charge in [0.25, 0.3) is 5.91 Å². The van der Waals surface area contributed by atoms with Crippen LogP contribution in [0.5, 0.6) is 0 Å². The molecule has 4 N–H and O–H groups in total. The van der Waals surface area contributed by atoms with E-state index < -0.39 is 40.1 Å². The van der Waals surface area contributed by atoms with Crippen molar-refractivity contribution >= 4 is 22.5 Å². The molecule has 1 amide bonds. The molecule has 3 aromatic rings. The highest BCUT2D eigenvalue weighted by atomic mass is 16.4. The van der Waals surface area contributed by atoms with Crippen LogP contribution in [-0.4, -0.2) is 105 Å². The van der Waals surface area contributed by atoms with E-state index in [1.165, 1.54) is 22.2 Å². The third kappa shape index (κ3) is 4.46. The van der Waals surface area contributed by atoms with Crippen molar-refractivity contribution in [2.45, 2.75) is 106 Å². The van der Waals surface area contributed by atoms with E-state index in [-0.39, 0.29) is 23.8 Å². The molecule has 6 heterocycles. The minimum atomic E-state index is -2.34. The van der Waals surface area contributed by atoms with Crippen LogP contribution < -0.4 is 4.90 Å². The molecule has 280 valence electrons. The summed E-state index contributed by atoms with van der Waals surface area (Å²) in [5, 5.41) is 42.0. The van der Waals surface area contributed by atoms with Gasteiger partial charge in [-0.3, -0.25) is 14.6 Å². The number of carbonyl (C=O) groups is 1. The van der Waals surface area contributed by atoms with Crippen LogP contribution in [0, 0.1) is 18.3 Å². The molecule has 6 aliphatic rings. The fourth-order valence-electron chi connectivity index (χ4n) is 13.1. The van der Waals surface area contributed by atoms with Crippen molar-refractivity contribution in [2.75, 3.05) is 44.7 Å². The van der Waals surface area contributed by atoms with Crippen molar-refractivity contribution in [2.24, 2.45) is 16.4 Å². The topological polar surface area (TPSA) is 152 Å². The number of H-pyrrole nitrogens is 1. The van der Waals surface area contributed by atoms with Crippen LogP contribution in [0.15, 0.2) is 53.7 Å². The van der Waals surface area contributed by atoms with Gasteiger partial charge in [-0.2, -0.15) is 0 Å². The van der Waals surface area contributed by atoms with Gasteiger partial charge in [-0.05, 0) is 102 Å². The molecule has 11 atom stereocenters. The number of para-hydroxylation sites is 1. The van der Waals surface area contributed by atoms with E-state index in [4.69, 9.17) is 0 Å². The second kappa shape index (κ2) is 11.9. The van der Waals surface area contributed by atoms with Gasteiger partial charge in [0, 0.05) is 83.2 Å². The van der Waals surface area contributed by atoms with E-state index >= 15 is 0 Å². The summed E-state index contributed by atoms with van der Waals surface area (Å²) in [5.74, 6) is -0.692. The lowest BCUT2D eigenvalue weighted by Crippen LogP contribution is -2.80. The number of aryl methyl sites for hydroxylation is 1.